The highest BCUT2D eigenvalue weighted by Gasteiger charge is 2.30. The Morgan fingerprint density at radius 2 is 2.06 bits per heavy atom. The van der Waals surface area contributed by atoms with Crippen molar-refractivity contribution in [2.24, 2.45) is 0 Å². The number of benzene rings is 2. The summed E-state index contributed by atoms with van der Waals surface area (Å²) in [7, 11) is -1.61. The van der Waals surface area contributed by atoms with Crippen molar-refractivity contribution in [1.29, 1.82) is 0 Å². The van der Waals surface area contributed by atoms with Gasteiger partial charge in [-0.2, -0.15) is 0 Å². The van der Waals surface area contributed by atoms with Crippen molar-refractivity contribution in [2.75, 3.05) is 56.1 Å². The molecule has 190 valence electrons. The number of carbonyl (C=O) groups excluding carboxylic acids is 1. The van der Waals surface area contributed by atoms with Gasteiger partial charge >= 0.3 is 0 Å². The van der Waals surface area contributed by atoms with Gasteiger partial charge in [0.25, 0.3) is 5.91 Å². The van der Waals surface area contributed by atoms with Crippen LogP contribution in [0.15, 0.2) is 42.5 Å². The molecule has 9 nitrogen and oxygen atoms in total. The van der Waals surface area contributed by atoms with E-state index in [1.165, 1.54) is 0 Å². The average molecular weight is 503 g/mol. The summed E-state index contributed by atoms with van der Waals surface area (Å²) in [5.74, 6) is 0.608. The fourth-order valence-electron chi connectivity index (χ4n) is 4.69. The van der Waals surface area contributed by atoms with Crippen LogP contribution in [0.3, 0.4) is 0 Å². The largest absolute Gasteiger partial charge is 0.483 e. The Bertz CT molecular complexity index is 1140. The third kappa shape index (κ3) is 6.65. The second-order valence-electron chi connectivity index (χ2n) is 9.32. The normalized spacial score (nSPS) is 18.9. The summed E-state index contributed by atoms with van der Waals surface area (Å²) < 4.78 is 31.4. The lowest BCUT2D eigenvalue weighted by Crippen LogP contribution is -2.40. The first-order valence-corrected chi connectivity index (χ1v) is 13.8. The Labute approximate surface area is 207 Å². The lowest BCUT2D eigenvalue weighted by atomic mass is 10.0. The minimum absolute atomic E-state index is 0.0560. The van der Waals surface area contributed by atoms with Crippen LogP contribution in [0.2, 0.25) is 0 Å². The van der Waals surface area contributed by atoms with E-state index in [1.807, 2.05) is 30.3 Å². The summed E-state index contributed by atoms with van der Waals surface area (Å²) in [4.78, 5) is 16.8. The van der Waals surface area contributed by atoms with E-state index in [4.69, 9.17) is 4.74 Å². The molecule has 2 atom stereocenters. The van der Waals surface area contributed by atoms with Crippen LogP contribution >= 0.6 is 0 Å². The number of ether oxygens (including phenoxy) is 1. The number of nitrogens with zero attached hydrogens (tertiary/aromatic N) is 2. The summed E-state index contributed by atoms with van der Waals surface area (Å²) in [5.41, 5.74) is 3.61. The Balaban J connectivity index is 1.43. The van der Waals surface area contributed by atoms with Crippen LogP contribution < -0.4 is 14.8 Å². The number of amides is 1. The average Bonchev–Trinajstić information content (AvgIpc) is 3.26. The molecule has 2 aliphatic rings. The minimum Gasteiger partial charge on any atom is -0.483 e. The molecule has 0 spiro atoms. The molecule has 1 fully saturated rings. The van der Waals surface area contributed by atoms with Gasteiger partial charge in [0.2, 0.25) is 10.0 Å². The number of hydrogen-bond donors (Lipinski definition) is 3. The number of likely N-dealkylation sites (N-methyl/N-ethyl adjacent to an activating group) is 1. The third-order valence-electron chi connectivity index (χ3n) is 6.51. The van der Waals surface area contributed by atoms with E-state index in [1.54, 1.807) is 24.1 Å². The van der Waals surface area contributed by atoms with Gasteiger partial charge in [0.1, 0.15) is 5.75 Å². The highest BCUT2D eigenvalue weighted by atomic mass is 32.2. The first-order chi connectivity index (χ1) is 16.7. The van der Waals surface area contributed by atoms with Crippen molar-refractivity contribution in [3.63, 3.8) is 0 Å². The zero-order valence-corrected chi connectivity index (χ0v) is 21.1. The van der Waals surface area contributed by atoms with Crippen LogP contribution in [0, 0.1) is 0 Å². The zero-order valence-electron chi connectivity index (χ0n) is 20.2. The first-order valence-electron chi connectivity index (χ1n) is 11.9. The lowest BCUT2D eigenvalue weighted by molar-refractivity contribution is -0.132. The highest BCUT2D eigenvalue weighted by Crippen LogP contribution is 2.31. The van der Waals surface area contributed by atoms with Gasteiger partial charge < -0.3 is 20.1 Å². The molecule has 1 saturated heterocycles. The van der Waals surface area contributed by atoms with Gasteiger partial charge in [0, 0.05) is 50.2 Å². The smallest absolute Gasteiger partial charge is 0.260 e. The van der Waals surface area contributed by atoms with Crippen molar-refractivity contribution in [3.8, 4) is 5.75 Å². The van der Waals surface area contributed by atoms with Gasteiger partial charge in [-0.25, -0.2) is 8.42 Å². The summed E-state index contributed by atoms with van der Waals surface area (Å²) >= 11 is 0. The predicted molar refractivity (Wildman–Crippen MR) is 136 cm³/mol. The number of fused-ring (bicyclic) bond motifs is 1. The minimum atomic E-state index is -3.36. The second-order valence-corrected chi connectivity index (χ2v) is 11.1. The number of anilines is 2. The fraction of sp³-hybridized carbons (Fsp3) is 0.480. The number of carbonyl (C=O) groups is 1. The Hall–Kier alpha value is -2.82. The second kappa shape index (κ2) is 10.8. The van der Waals surface area contributed by atoms with Crippen LogP contribution in [-0.2, 0) is 21.2 Å². The standard InChI is InChI=1S/C25H34N4O5S/c1-28(25(31)17-34-24-7-3-6-22-21(24)5-4-13-26-22)16-23(29-14-12-20(30)15-29)18-8-10-19(11-9-18)27-35(2,32)33/h3,6-11,20,23,26-27,30H,4-5,12-17H2,1-2H3/t20-,23+/m0/s1. The number of rotatable bonds is 9. The molecule has 2 aromatic rings. The first kappa shape index (κ1) is 25.3. The van der Waals surface area contributed by atoms with Crippen LogP contribution in [0.25, 0.3) is 0 Å². The van der Waals surface area contributed by atoms with Crippen LogP contribution in [0.1, 0.15) is 30.0 Å². The number of aliphatic hydroxyl groups excluding tert-OH is 1. The van der Waals surface area contributed by atoms with E-state index in [0.717, 1.165) is 54.8 Å². The van der Waals surface area contributed by atoms with Crippen molar-refractivity contribution in [1.82, 2.24) is 9.80 Å². The van der Waals surface area contributed by atoms with Gasteiger partial charge in [-0.1, -0.05) is 18.2 Å². The van der Waals surface area contributed by atoms with E-state index in [2.05, 4.69) is 14.9 Å². The molecule has 0 bridgehead atoms. The predicted octanol–water partition coefficient (Wildman–Crippen LogP) is 2.06. The quantitative estimate of drug-likeness (QED) is 0.481. The molecular weight excluding hydrogens is 468 g/mol. The van der Waals surface area contributed by atoms with E-state index >= 15 is 0 Å². The van der Waals surface area contributed by atoms with E-state index < -0.39 is 16.1 Å². The Morgan fingerprint density at radius 1 is 1.29 bits per heavy atom. The summed E-state index contributed by atoms with van der Waals surface area (Å²) in [6, 6.07) is 12.9. The lowest BCUT2D eigenvalue weighted by Gasteiger charge is -2.32. The van der Waals surface area contributed by atoms with Crippen molar-refractivity contribution < 1.29 is 23.1 Å². The van der Waals surface area contributed by atoms with Crippen LogP contribution in [0.5, 0.6) is 5.75 Å². The Morgan fingerprint density at radius 3 is 2.74 bits per heavy atom. The number of aliphatic hydroxyl groups is 1. The van der Waals surface area contributed by atoms with E-state index in [0.29, 0.717) is 25.2 Å². The molecule has 1 amide bonds. The van der Waals surface area contributed by atoms with Gasteiger partial charge in [-0.15, -0.1) is 0 Å². The molecule has 0 aromatic heterocycles. The molecular formula is C25H34N4O5S. The van der Waals surface area contributed by atoms with Crippen LogP contribution in [-0.4, -0.2) is 81.4 Å². The van der Waals surface area contributed by atoms with Gasteiger partial charge in [-0.05, 0) is 49.1 Å². The maximum Gasteiger partial charge on any atom is 0.260 e. The molecule has 3 N–H and O–H groups in total. The van der Waals surface area contributed by atoms with Gasteiger partial charge in [-0.3, -0.25) is 14.4 Å². The van der Waals surface area contributed by atoms with E-state index in [-0.39, 0.29) is 18.6 Å². The number of sulfonamides is 1. The van der Waals surface area contributed by atoms with Crippen molar-refractivity contribution in [2.45, 2.75) is 31.4 Å². The Kier molecular flexibility index (Phi) is 7.83. The summed E-state index contributed by atoms with van der Waals surface area (Å²) in [5, 5.41) is 13.5. The zero-order chi connectivity index (χ0) is 25.0. The molecule has 4 rings (SSSR count). The van der Waals surface area contributed by atoms with E-state index in [9.17, 15) is 18.3 Å². The number of hydrogen-bond acceptors (Lipinski definition) is 7. The monoisotopic (exact) mass is 502 g/mol. The molecule has 0 saturated carbocycles. The molecule has 0 radical (unpaired) electrons. The number of likely N-dealkylation sites (tertiary alicyclic amines) is 1. The maximum absolute atomic E-state index is 13.0. The molecule has 0 unspecified atom stereocenters. The molecule has 2 heterocycles. The molecule has 10 heteroatoms. The molecule has 2 aromatic carbocycles. The number of nitrogens with one attached hydrogen (secondary N) is 2. The summed E-state index contributed by atoms with van der Waals surface area (Å²) in [6.45, 7) is 2.55. The van der Waals surface area contributed by atoms with Crippen molar-refractivity contribution in [3.05, 3.63) is 53.6 Å². The third-order valence-corrected chi connectivity index (χ3v) is 7.12. The fourth-order valence-corrected chi connectivity index (χ4v) is 5.26. The topological polar surface area (TPSA) is 111 Å². The summed E-state index contributed by atoms with van der Waals surface area (Å²) in [6.07, 6.45) is 3.35. The van der Waals surface area contributed by atoms with Crippen molar-refractivity contribution >= 4 is 27.3 Å². The molecule has 35 heavy (non-hydrogen) atoms. The SMILES string of the molecule is CN(C[C@H](c1ccc(NS(C)(=O)=O)cc1)N1CC[C@H](O)C1)C(=O)COc1cccc2c1CCCN2. The van der Waals surface area contributed by atoms with Gasteiger partial charge in [0.15, 0.2) is 6.61 Å². The molecule has 2 aliphatic heterocycles. The molecule has 0 aliphatic carbocycles. The number of β-amino-alcohol motifs (C(OH)–C–C–N with tert-alkyl or cyclic N) is 1. The maximum atomic E-state index is 13.0. The highest BCUT2D eigenvalue weighted by molar-refractivity contribution is 7.92. The van der Waals surface area contributed by atoms with Gasteiger partial charge in [0.05, 0.1) is 18.4 Å². The van der Waals surface area contributed by atoms with Crippen LogP contribution in [0.4, 0.5) is 11.4 Å².